The molecule has 0 aromatic rings. The maximum absolute atomic E-state index is 10.2. The summed E-state index contributed by atoms with van der Waals surface area (Å²) in [7, 11) is 2.12. The van der Waals surface area contributed by atoms with Crippen molar-refractivity contribution in [2.45, 2.75) is 32.4 Å². The fourth-order valence-corrected chi connectivity index (χ4v) is 2.03. The number of rotatable bonds is 3. The minimum Gasteiger partial charge on any atom is -0.355 e. The largest absolute Gasteiger partial charge is 0.355 e. The summed E-state index contributed by atoms with van der Waals surface area (Å²) in [6, 6.07) is 0.988. The Morgan fingerprint density at radius 1 is 1.58 bits per heavy atom. The highest BCUT2D eigenvalue weighted by Crippen LogP contribution is 2.21. The van der Waals surface area contributed by atoms with Crippen molar-refractivity contribution >= 4 is 6.41 Å². The molecule has 0 spiro atoms. The average Bonchev–Trinajstić information content (AvgIpc) is 2.32. The molecule has 0 aliphatic carbocycles. The van der Waals surface area contributed by atoms with E-state index in [2.05, 4.69) is 31.1 Å². The Labute approximate surface area is 74.1 Å². The lowest BCUT2D eigenvalue weighted by molar-refractivity contribution is -0.110. The molecule has 1 fully saturated rings. The number of carbonyl (C=O) groups excluding carboxylic acids is 1. The van der Waals surface area contributed by atoms with Crippen molar-refractivity contribution in [3.8, 4) is 0 Å². The Hall–Kier alpha value is -0.570. The molecule has 1 rings (SSSR count). The fraction of sp³-hybridized carbons (Fsp3) is 0.889. The molecule has 70 valence electrons. The van der Waals surface area contributed by atoms with E-state index in [1.54, 1.807) is 0 Å². The minimum absolute atomic E-state index is 0.361. The second-order valence-corrected chi connectivity index (χ2v) is 3.97. The second kappa shape index (κ2) is 3.90. The van der Waals surface area contributed by atoms with Crippen LogP contribution >= 0.6 is 0 Å². The SMILES string of the molecule is CC(C)C1CC(NC=O)CN1C. The van der Waals surface area contributed by atoms with Crippen LogP contribution in [0.1, 0.15) is 20.3 Å². The first-order valence-corrected chi connectivity index (χ1v) is 4.55. The van der Waals surface area contributed by atoms with Crippen LogP contribution in [0.15, 0.2) is 0 Å². The molecule has 1 saturated heterocycles. The molecule has 2 unspecified atom stereocenters. The van der Waals surface area contributed by atoms with Crippen LogP contribution in [-0.4, -0.2) is 37.0 Å². The predicted molar refractivity (Wildman–Crippen MR) is 48.9 cm³/mol. The van der Waals surface area contributed by atoms with E-state index < -0.39 is 0 Å². The van der Waals surface area contributed by atoms with E-state index in [4.69, 9.17) is 0 Å². The van der Waals surface area contributed by atoms with Crippen LogP contribution < -0.4 is 5.32 Å². The Morgan fingerprint density at radius 3 is 2.67 bits per heavy atom. The van der Waals surface area contributed by atoms with Crippen LogP contribution in [0.4, 0.5) is 0 Å². The van der Waals surface area contributed by atoms with Gasteiger partial charge in [0, 0.05) is 18.6 Å². The van der Waals surface area contributed by atoms with Gasteiger partial charge in [0.15, 0.2) is 0 Å². The quantitative estimate of drug-likeness (QED) is 0.624. The highest BCUT2D eigenvalue weighted by atomic mass is 16.1. The van der Waals surface area contributed by atoms with Crippen molar-refractivity contribution < 1.29 is 4.79 Å². The number of nitrogens with one attached hydrogen (secondary N) is 1. The van der Waals surface area contributed by atoms with Gasteiger partial charge in [-0.05, 0) is 19.4 Å². The van der Waals surface area contributed by atoms with Gasteiger partial charge in [0.1, 0.15) is 0 Å². The molecule has 2 atom stereocenters. The van der Waals surface area contributed by atoms with Gasteiger partial charge in [-0.3, -0.25) is 4.79 Å². The van der Waals surface area contributed by atoms with Crippen LogP contribution in [0.5, 0.6) is 0 Å². The molecular formula is C9H18N2O. The third-order valence-corrected chi connectivity index (χ3v) is 2.67. The van der Waals surface area contributed by atoms with E-state index in [0.29, 0.717) is 18.0 Å². The van der Waals surface area contributed by atoms with E-state index >= 15 is 0 Å². The van der Waals surface area contributed by atoms with E-state index in [1.807, 2.05) is 0 Å². The van der Waals surface area contributed by atoms with Crippen LogP contribution in [0.25, 0.3) is 0 Å². The van der Waals surface area contributed by atoms with E-state index in [-0.39, 0.29) is 0 Å². The van der Waals surface area contributed by atoms with Crippen molar-refractivity contribution in [1.82, 2.24) is 10.2 Å². The van der Waals surface area contributed by atoms with Crippen LogP contribution in [0.3, 0.4) is 0 Å². The predicted octanol–water partition coefficient (Wildman–Crippen LogP) is 0.461. The summed E-state index contributed by atoms with van der Waals surface area (Å²) in [5, 5.41) is 2.84. The lowest BCUT2D eigenvalue weighted by atomic mass is 10.0. The van der Waals surface area contributed by atoms with Gasteiger partial charge >= 0.3 is 0 Å². The van der Waals surface area contributed by atoms with E-state index in [0.717, 1.165) is 19.4 Å². The Kier molecular flexibility index (Phi) is 3.09. The summed E-state index contributed by atoms with van der Waals surface area (Å²) in [5.74, 6) is 0.674. The summed E-state index contributed by atoms with van der Waals surface area (Å²) in [4.78, 5) is 12.5. The molecule has 1 amide bonds. The van der Waals surface area contributed by atoms with Crippen molar-refractivity contribution in [2.75, 3.05) is 13.6 Å². The zero-order valence-electron chi connectivity index (χ0n) is 8.08. The Bertz CT molecular complexity index is 159. The normalized spacial score (nSPS) is 31.0. The first-order chi connectivity index (χ1) is 5.65. The number of likely N-dealkylation sites (tertiary alicyclic amines) is 1. The van der Waals surface area contributed by atoms with Crippen LogP contribution in [0, 0.1) is 5.92 Å². The maximum Gasteiger partial charge on any atom is 0.207 e. The van der Waals surface area contributed by atoms with Gasteiger partial charge in [-0.25, -0.2) is 0 Å². The van der Waals surface area contributed by atoms with Crippen LogP contribution in [0.2, 0.25) is 0 Å². The summed E-state index contributed by atoms with van der Waals surface area (Å²) < 4.78 is 0. The summed E-state index contributed by atoms with van der Waals surface area (Å²) in [5.41, 5.74) is 0. The number of likely N-dealkylation sites (N-methyl/N-ethyl adjacent to an activating group) is 1. The van der Waals surface area contributed by atoms with E-state index in [1.165, 1.54) is 0 Å². The Balaban J connectivity index is 2.44. The van der Waals surface area contributed by atoms with Gasteiger partial charge in [0.25, 0.3) is 0 Å². The summed E-state index contributed by atoms with van der Waals surface area (Å²) in [6.45, 7) is 5.44. The van der Waals surface area contributed by atoms with Crippen LogP contribution in [-0.2, 0) is 4.79 Å². The van der Waals surface area contributed by atoms with Gasteiger partial charge in [-0.15, -0.1) is 0 Å². The molecule has 12 heavy (non-hydrogen) atoms. The molecule has 1 aliphatic heterocycles. The lowest BCUT2D eigenvalue weighted by Crippen LogP contribution is -2.31. The van der Waals surface area contributed by atoms with Gasteiger partial charge < -0.3 is 10.2 Å². The van der Waals surface area contributed by atoms with Crippen molar-refractivity contribution in [3.05, 3.63) is 0 Å². The number of hydrogen-bond acceptors (Lipinski definition) is 2. The molecule has 0 radical (unpaired) electrons. The molecule has 3 heteroatoms. The number of hydrogen-bond donors (Lipinski definition) is 1. The zero-order chi connectivity index (χ0) is 9.14. The molecule has 3 nitrogen and oxygen atoms in total. The van der Waals surface area contributed by atoms with Crippen molar-refractivity contribution in [3.63, 3.8) is 0 Å². The van der Waals surface area contributed by atoms with Gasteiger partial charge in [-0.1, -0.05) is 13.8 Å². The lowest BCUT2D eigenvalue weighted by Gasteiger charge is -2.22. The molecule has 1 N–H and O–H groups in total. The zero-order valence-corrected chi connectivity index (χ0v) is 8.08. The van der Waals surface area contributed by atoms with Crippen molar-refractivity contribution in [2.24, 2.45) is 5.92 Å². The topological polar surface area (TPSA) is 32.3 Å². The molecule has 0 aromatic heterocycles. The third kappa shape index (κ3) is 1.97. The molecule has 1 heterocycles. The first-order valence-electron chi connectivity index (χ1n) is 4.55. The first kappa shape index (κ1) is 9.52. The smallest absolute Gasteiger partial charge is 0.207 e. The van der Waals surface area contributed by atoms with Gasteiger partial charge in [-0.2, -0.15) is 0 Å². The van der Waals surface area contributed by atoms with Gasteiger partial charge in [0.2, 0.25) is 6.41 Å². The Morgan fingerprint density at radius 2 is 2.25 bits per heavy atom. The number of carbonyl (C=O) groups is 1. The highest BCUT2D eigenvalue weighted by molar-refractivity contribution is 5.46. The minimum atomic E-state index is 0.361. The third-order valence-electron chi connectivity index (χ3n) is 2.67. The summed E-state index contributed by atoms with van der Waals surface area (Å²) in [6.07, 6.45) is 1.90. The van der Waals surface area contributed by atoms with Crippen molar-refractivity contribution in [1.29, 1.82) is 0 Å². The molecule has 1 aliphatic rings. The highest BCUT2D eigenvalue weighted by Gasteiger charge is 2.30. The number of amides is 1. The molecule has 0 bridgehead atoms. The molecule has 0 saturated carbocycles. The van der Waals surface area contributed by atoms with E-state index in [9.17, 15) is 4.79 Å². The fourth-order valence-electron chi connectivity index (χ4n) is 2.03. The monoisotopic (exact) mass is 170 g/mol. The average molecular weight is 170 g/mol. The maximum atomic E-state index is 10.2. The number of nitrogens with zero attached hydrogens (tertiary/aromatic N) is 1. The molecular weight excluding hydrogens is 152 g/mol. The summed E-state index contributed by atoms with van der Waals surface area (Å²) >= 11 is 0. The molecule has 0 aromatic carbocycles. The van der Waals surface area contributed by atoms with Gasteiger partial charge in [0.05, 0.1) is 0 Å². The standard InChI is InChI=1S/C9H18N2O/c1-7(2)9-4-8(10-6-12)5-11(9)3/h6-9H,4-5H2,1-3H3,(H,10,12). The second-order valence-electron chi connectivity index (χ2n) is 3.97.